The van der Waals surface area contributed by atoms with Gasteiger partial charge in [0.15, 0.2) is 22.5 Å². The average Bonchev–Trinajstić information content (AvgIpc) is 3.79. The predicted molar refractivity (Wildman–Crippen MR) is 182 cm³/mol. The third kappa shape index (κ3) is 6.64. The molecule has 1 aromatic carbocycles. The molecule has 5 aromatic rings. The molecule has 4 aromatic heterocycles. The number of ether oxygens (including phenoxy) is 1. The molecule has 0 spiro atoms. The highest BCUT2D eigenvalue weighted by Crippen LogP contribution is 2.34. The van der Waals surface area contributed by atoms with E-state index >= 15 is 0 Å². The molecule has 1 atom stereocenters. The second kappa shape index (κ2) is 13.6. The van der Waals surface area contributed by atoms with Gasteiger partial charge in [-0.05, 0) is 49.8 Å². The number of rotatable bonds is 9. The molecular weight excluding hydrogens is 640 g/mol. The Morgan fingerprint density at radius 2 is 1.94 bits per heavy atom. The van der Waals surface area contributed by atoms with Crippen molar-refractivity contribution in [2.24, 2.45) is 0 Å². The van der Waals surface area contributed by atoms with Crippen molar-refractivity contribution in [1.29, 1.82) is 0 Å². The van der Waals surface area contributed by atoms with Crippen molar-refractivity contribution in [3.8, 4) is 22.7 Å². The summed E-state index contributed by atoms with van der Waals surface area (Å²) in [7, 11) is 1.55. The number of aryl methyl sites for hydroxylation is 1. The molecule has 6 rings (SSSR count). The number of anilines is 4. The summed E-state index contributed by atoms with van der Waals surface area (Å²) in [5.74, 6) is 1.17. The fraction of sp³-hybridized carbons (Fsp3) is 0.219. The van der Waals surface area contributed by atoms with E-state index in [9.17, 15) is 9.59 Å². The van der Waals surface area contributed by atoms with Gasteiger partial charge >= 0.3 is 0 Å². The minimum absolute atomic E-state index is 0.00537. The zero-order chi connectivity index (χ0) is 33.1. The van der Waals surface area contributed by atoms with Crippen LogP contribution in [0.1, 0.15) is 22.2 Å². The van der Waals surface area contributed by atoms with Gasteiger partial charge in [-0.15, -0.1) is 4.80 Å². The predicted octanol–water partition coefficient (Wildman–Crippen LogP) is 5.37. The quantitative estimate of drug-likeness (QED) is 0.197. The highest BCUT2D eigenvalue weighted by molar-refractivity contribution is 7.17. The summed E-state index contributed by atoms with van der Waals surface area (Å²) in [5.41, 5.74) is 3.40. The Kier molecular flexibility index (Phi) is 9.13. The van der Waals surface area contributed by atoms with Crippen molar-refractivity contribution in [2.75, 3.05) is 42.3 Å². The number of amides is 2. The van der Waals surface area contributed by atoms with Gasteiger partial charge in [-0.25, -0.2) is 15.0 Å². The molecule has 0 radical (unpaired) electrons. The van der Waals surface area contributed by atoms with Gasteiger partial charge in [0, 0.05) is 37.4 Å². The van der Waals surface area contributed by atoms with Crippen LogP contribution < -0.4 is 20.3 Å². The van der Waals surface area contributed by atoms with Crippen LogP contribution in [-0.4, -0.2) is 79.4 Å². The Hall–Kier alpha value is -5.34. The molecule has 1 aliphatic heterocycles. The topological polar surface area (TPSA) is 143 Å². The summed E-state index contributed by atoms with van der Waals surface area (Å²) in [6, 6.07) is 11.0. The number of hydrogen-bond donors (Lipinski definition) is 2. The number of methoxy groups -OCH3 is 1. The van der Waals surface area contributed by atoms with E-state index in [2.05, 4.69) is 37.3 Å². The van der Waals surface area contributed by atoms with Gasteiger partial charge in [0.2, 0.25) is 5.91 Å². The van der Waals surface area contributed by atoms with Gasteiger partial charge in [-0.3, -0.25) is 9.59 Å². The number of benzene rings is 1. The molecule has 5 heterocycles. The lowest BCUT2D eigenvalue weighted by Crippen LogP contribution is -2.54. The van der Waals surface area contributed by atoms with Crippen LogP contribution in [0.5, 0.6) is 5.75 Å². The smallest absolute Gasteiger partial charge is 0.267 e. The first-order chi connectivity index (χ1) is 22.7. The molecule has 47 heavy (non-hydrogen) atoms. The van der Waals surface area contributed by atoms with E-state index in [0.717, 1.165) is 5.56 Å². The maximum absolute atomic E-state index is 13.0. The lowest BCUT2D eigenvalue weighted by molar-refractivity contribution is -0.126. The van der Waals surface area contributed by atoms with Gasteiger partial charge in [0.1, 0.15) is 10.6 Å². The summed E-state index contributed by atoms with van der Waals surface area (Å²) in [4.78, 5) is 45.1. The average molecular weight is 671 g/mol. The van der Waals surface area contributed by atoms with Gasteiger partial charge in [0.25, 0.3) is 5.91 Å². The standard InChI is InChI=1S/C32H31ClN10O3S/c1-5-27(44)41-13-14-42(20(3)18-41)30-24(43-36-11-12-37-43)15-21(16-34-30)23-9-10-25(46-4)29(38-23)40-32-35-17-26(47-32)31(45)39-28-19(2)7-6-8-22(28)33/h5-12,15-17,20H,1,13-14,18H2,2-4H3,(H,39,45)(H,35,38,40)/t20-/m0/s1. The van der Waals surface area contributed by atoms with E-state index in [4.69, 9.17) is 26.3 Å². The largest absolute Gasteiger partial charge is 0.493 e. The normalized spacial score (nSPS) is 14.5. The molecule has 240 valence electrons. The van der Waals surface area contributed by atoms with E-state index in [-0.39, 0.29) is 17.9 Å². The highest BCUT2D eigenvalue weighted by Gasteiger charge is 2.29. The van der Waals surface area contributed by atoms with Gasteiger partial charge < -0.3 is 25.2 Å². The highest BCUT2D eigenvalue weighted by atomic mass is 35.5. The zero-order valence-corrected chi connectivity index (χ0v) is 27.4. The Morgan fingerprint density at radius 1 is 1.13 bits per heavy atom. The first kappa shape index (κ1) is 31.6. The SMILES string of the molecule is C=CC(=O)N1CCN(c2ncc(-c3ccc(OC)c(Nc4ncc(C(=O)Nc5c(C)cccc5Cl)s4)n3)cc2-n2nccn2)[C@@H](C)C1. The number of piperazine rings is 1. The minimum atomic E-state index is -0.325. The summed E-state index contributed by atoms with van der Waals surface area (Å²) >= 11 is 7.46. The summed E-state index contributed by atoms with van der Waals surface area (Å²) in [6.07, 6.45) is 7.79. The monoisotopic (exact) mass is 670 g/mol. The Morgan fingerprint density at radius 3 is 2.66 bits per heavy atom. The number of carbonyl (C=O) groups is 2. The van der Waals surface area contributed by atoms with Crippen molar-refractivity contribution in [2.45, 2.75) is 19.9 Å². The number of halogens is 1. The maximum Gasteiger partial charge on any atom is 0.267 e. The van der Waals surface area contributed by atoms with Crippen LogP contribution in [-0.2, 0) is 4.79 Å². The van der Waals surface area contributed by atoms with Crippen LogP contribution in [0.3, 0.4) is 0 Å². The molecular formula is C32H31ClN10O3S. The van der Waals surface area contributed by atoms with E-state index in [0.29, 0.717) is 74.7 Å². The molecule has 1 fully saturated rings. The van der Waals surface area contributed by atoms with Gasteiger partial charge in [0.05, 0.1) is 42.1 Å². The second-order valence-corrected chi connectivity index (χ2v) is 12.1. The van der Waals surface area contributed by atoms with Crippen LogP contribution in [0.25, 0.3) is 16.9 Å². The molecule has 2 amide bonds. The summed E-state index contributed by atoms with van der Waals surface area (Å²) in [6.45, 7) is 9.20. The van der Waals surface area contributed by atoms with E-state index in [1.807, 2.05) is 38.1 Å². The van der Waals surface area contributed by atoms with E-state index in [1.54, 1.807) is 42.7 Å². The molecule has 15 heteroatoms. The van der Waals surface area contributed by atoms with Gasteiger partial charge in [-0.1, -0.05) is 41.6 Å². The second-order valence-electron chi connectivity index (χ2n) is 10.7. The molecule has 2 N–H and O–H groups in total. The Labute approximate surface area is 279 Å². The number of thiazole rings is 1. The number of pyridine rings is 2. The Bertz CT molecular complexity index is 1930. The lowest BCUT2D eigenvalue weighted by atomic mass is 10.1. The van der Waals surface area contributed by atoms with E-state index in [1.165, 1.54) is 28.4 Å². The fourth-order valence-electron chi connectivity index (χ4n) is 5.26. The maximum atomic E-state index is 13.0. The minimum Gasteiger partial charge on any atom is -0.493 e. The molecule has 0 unspecified atom stereocenters. The van der Waals surface area contributed by atoms with E-state index < -0.39 is 0 Å². The molecule has 0 aliphatic carbocycles. The number of para-hydroxylation sites is 1. The number of nitrogens with zero attached hydrogens (tertiary/aromatic N) is 8. The van der Waals surface area contributed by atoms with Crippen molar-refractivity contribution in [1.82, 2.24) is 34.8 Å². The molecule has 1 saturated heterocycles. The van der Waals surface area contributed by atoms with Crippen LogP contribution >= 0.6 is 22.9 Å². The number of aromatic nitrogens is 6. The van der Waals surface area contributed by atoms with Crippen LogP contribution in [0.15, 0.2) is 73.8 Å². The van der Waals surface area contributed by atoms with Gasteiger partial charge in [-0.2, -0.15) is 10.2 Å². The van der Waals surface area contributed by atoms with Crippen LogP contribution in [0, 0.1) is 6.92 Å². The first-order valence-electron chi connectivity index (χ1n) is 14.6. The first-order valence-corrected chi connectivity index (χ1v) is 15.8. The third-order valence-electron chi connectivity index (χ3n) is 7.66. The van der Waals surface area contributed by atoms with Crippen LogP contribution in [0.2, 0.25) is 5.02 Å². The van der Waals surface area contributed by atoms with Crippen molar-refractivity contribution < 1.29 is 14.3 Å². The summed E-state index contributed by atoms with van der Waals surface area (Å²) in [5, 5.41) is 15.7. The fourth-order valence-corrected chi connectivity index (χ4v) is 6.24. The Balaban J connectivity index is 1.27. The van der Waals surface area contributed by atoms with Crippen molar-refractivity contribution >= 4 is 57.2 Å². The lowest BCUT2D eigenvalue weighted by Gasteiger charge is -2.40. The van der Waals surface area contributed by atoms with Crippen molar-refractivity contribution in [3.05, 3.63) is 89.3 Å². The molecule has 13 nitrogen and oxygen atoms in total. The summed E-state index contributed by atoms with van der Waals surface area (Å²) < 4.78 is 5.57. The zero-order valence-electron chi connectivity index (χ0n) is 25.8. The third-order valence-corrected chi connectivity index (χ3v) is 8.88. The number of hydrogen-bond acceptors (Lipinski definition) is 11. The van der Waals surface area contributed by atoms with Crippen molar-refractivity contribution in [3.63, 3.8) is 0 Å². The van der Waals surface area contributed by atoms with Crippen LogP contribution in [0.4, 0.5) is 22.5 Å². The molecule has 1 aliphatic rings. The number of nitrogens with one attached hydrogen (secondary N) is 2. The molecule has 0 bridgehead atoms. The molecule has 0 saturated carbocycles. The number of carbonyl (C=O) groups excluding carboxylic acids is 2.